The molecule has 19 heavy (non-hydrogen) atoms. The number of methoxy groups -OCH3 is 2. The molecule has 0 aliphatic heterocycles. The predicted octanol–water partition coefficient (Wildman–Crippen LogP) is 1.20. The van der Waals surface area contributed by atoms with Crippen molar-refractivity contribution in [2.24, 2.45) is 11.1 Å². The smallest absolute Gasteiger partial charge is 0.235 e. The van der Waals surface area contributed by atoms with E-state index in [1.807, 2.05) is 13.8 Å². The van der Waals surface area contributed by atoms with E-state index in [0.29, 0.717) is 39.1 Å². The summed E-state index contributed by atoms with van der Waals surface area (Å²) in [6.07, 6.45) is 1.21. The highest BCUT2D eigenvalue weighted by Crippen LogP contribution is 2.29. The molecule has 0 aliphatic carbocycles. The molecule has 0 aromatic rings. The zero-order chi connectivity index (χ0) is 14.9. The van der Waals surface area contributed by atoms with Gasteiger partial charge >= 0.3 is 0 Å². The van der Waals surface area contributed by atoms with E-state index in [0.717, 1.165) is 0 Å². The van der Waals surface area contributed by atoms with E-state index >= 15 is 0 Å². The maximum absolute atomic E-state index is 12.7. The minimum absolute atomic E-state index is 0.0286. The molecule has 2 N–H and O–H groups in total. The molecule has 0 aromatic carbocycles. The maximum atomic E-state index is 12.7. The molecule has 0 unspecified atom stereocenters. The fourth-order valence-electron chi connectivity index (χ4n) is 2.03. The summed E-state index contributed by atoms with van der Waals surface area (Å²) in [7, 11) is 3.22. The standard InChI is InChI=1S/C13H26N2O3S/c1-5-13(6-2,11(14)19)12(16)15(7-9-17-3)8-10-18-4/h5-10H2,1-4H3,(H2,14,19). The highest BCUT2D eigenvalue weighted by molar-refractivity contribution is 7.80. The number of amides is 1. The topological polar surface area (TPSA) is 64.8 Å². The number of nitrogens with two attached hydrogens (primary N) is 1. The molecule has 0 saturated heterocycles. The Morgan fingerprint density at radius 3 is 1.84 bits per heavy atom. The average molecular weight is 290 g/mol. The Kier molecular flexibility index (Phi) is 8.88. The van der Waals surface area contributed by atoms with Gasteiger partial charge in [-0.3, -0.25) is 4.79 Å². The normalized spacial score (nSPS) is 11.4. The number of hydrogen-bond acceptors (Lipinski definition) is 4. The largest absolute Gasteiger partial charge is 0.392 e. The van der Waals surface area contributed by atoms with Crippen LogP contribution in [0.25, 0.3) is 0 Å². The molecule has 112 valence electrons. The number of nitrogens with zero attached hydrogens (tertiary/aromatic N) is 1. The van der Waals surface area contributed by atoms with Gasteiger partial charge in [-0.2, -0.15) is 0 Å². The van der Waals surface area contributed by atoms with E-state index < -0.39 is 5.41 Å². The molecule has 0 atom stereocenters. The summed E-state index contributed by atoms with van der Waals surface area (Å²) in [5.41, 5.74) is 5.06. The summed E-state index contributed by atoms with van der Waals surface area (Å²) < 4.78 is 10.1. The highest BCUT2D eigenvalue weighted by atomic mass is 32.1. The van der Waals surface area contributed by atoms with Crippen LogP contribution in [0.5, 0.6) is 0 Å². The third-order valence-corrected chi connectivity index (χ3v) is 3.90. The molecule has 0 bridgehead atoms. The summed E-state index contributed by atoms with van der Waals surface area (Å²) in [5, 5.41) is 0. The van der Waals surface area contributed by atoms with Gasteiger partial charge in [-0.1, -0.05) is 26.1 Å². The Morgan fingerprint density at radius 1 is 1.16 bits per heavy atom. The first-order valence-corrected chi connectivity index (χ1v) is 6.98. The van der Waals surface area contributed by atoms with Gasteiger partial charge in [0, 0.05) is 27.3 Å². The molecule has 0 saturated carbocycles. The van der Waals surface area contributed by atoms with Crippen LogP contribution in [-0.4, -0.2) is 56.3 Å². The van der Waals surface area contributed by atoms with Gasteiger partial charge in [-0.05, 0) is 12.8 Å². The van der Waals surface area contributed by atoms with Crippen LogP contribution in [0.1, 0.15) is 26.7 Å². The van der Waals surface area contributed by atoms with Crippen molar-refractivity contribution in [2.45, 2.75) is 26.7 Å². The number of ether oxygens (including phenoxy) is 2. The maximum Gasteiger partial charge on any atom is 0.235 e. The Morgan fingerprint density at radius 2 is 1.58 bits per heavy atom. The monoisotopic (exact) mass is 290 g/mol. The molecule has 1 amide bonds. The first kappa shape index (κ1) is 18.3. The first-order valence-electron chi connectivity index (χ1n) is 6.57. The Bertz CT molecular complexity index is 286. The molecule has 0 aromatic heterocycles. The molecule has 5 nitrogen and oxygen atoms in total. The zero-order valence-corrected chi connectivity index (χ0v) is 13.2. The average Bonchev–Trinajstić information content (AvgIpc) is 2.40. The Hall–Kier alpha value is -0.720. The quantitative estimate of drug-likeness (QED) is 0.613. The van der Waals surface area contributed by atoms with Crippen molar-refractivity contribution >= 4 is 23.1 Å². The molecule has 0 aliphatic rings. The molecular weight excluding hydrogens is 264 g/mol. The van der Waals surface area contributed by atoms with Gasteiger partial charge in [0.15, 0.2) is 0 Å². The fraction of sp³-hybridized carbons (Fsp3) is 0.846. The molecule has 6 heteroatoms. The minimum Gasteiger partial charge on any atom is -0.392 e. The van der Waals surface area contributed by atoms with Crippen LogP contribution in [0.3, 0.4) is 0 Å². The van der Waals surface area contributed by atoms with Crippen LogP contribution >= 0.6 is 12.2 Å². The lowest BCUT2D eigenvalue weighted by Gasteiger charge is -2.35. The lowest BCUT2D eigenvalue weighted by molar-refractivity contribution is -0.140. The van der Waals surface area contributed by atoms with Gasteiger partial charge in [0.1, 0.15) is 0 Å². The fourth-order valence-corrected chi connectivity index (χ4v) is 2.40. The van der Waals surface area contributed by atoms with E-state index in [1.165, 1.54) is 0 Å². The van der Waals surface area contributed by atoms with Gasteiger partial charge in [0.2, 0.25) is 5.91 Å². The Labute approximate surface area is 121 Å². The van der Waals surface area contributed by atoms with Crippen LogP contribution in [0.15, 0.2) is 0 Å². The molecule has 0 spiro atoms. The number of rotatable bonds is 10. The van der Waals surface area contributed by atoms with Gasteiger partial charge in [-0.15, -0.1) is 0 Å². The van der Waals surface area contributed by atoms with Crippen LogP contribution in [0.2, 0.25) is 0 Å². The SMILES string of the molecule is CCC(CC)(C(=O)N(CCOC)CCOC)C(N)=S. The molecule has 0 heterocycles. The van der Waals surface area contributed by atoms with E-state index in [9.17, 15) is 4.79 Å². The third kappa shape index (κ3) is 4.71. The van der Waals surface area contributed by atoms with Crippen molar-refractivity contribution in [3.63, 3.8) is 0 Å². The predicted molar refractivity (Wildman–Crippen MR) is 80.1 cm³/mol. The summed E-state index contributed by atoms with van der Waals surface area (Å²) >= 11 is 5.12. The number of thiocarbonyl (C=S) groups is 1. The Balaban J connectivity index is 5.05. The van der Waals surface area contributed by atoms with Crippen molar-refractivity contribution in [1.82, 2.24) is 4.90 Å². The second kappa shape index (κ2) is 9.23. The molecular formula is C13H26N2O3S. The molecule has 0 radical (unpaired) electrons. The number of hydrogen-bond donors (Lipinski definition) is 1. The van der Waals surface area contributed by atoms with Crippen molar-refractivity contribution in [2.75, 3.05) is 40.5 Å². The summed E-state index contributed by atoms with van der Waals surface area (Å²) in [6, 6.07) is 0. The van der Waals surface area contributed by atoms with Gasteiger partial charge in [0.25, 0.3) is 0 Å². The van der Waals surface area contributed by atoms with E-state index in [2.05, 4.69) is 0 Å². The van der Waals surface area contributed by atoms with E-state index in [-0.39, 0.29) is 10.9 Å². The van der Waals surface area contributed by atoms with Crippen LogP contribution < -0.4 is 5.73 Å². The second-order valence-corrected chi connectivity index (χ2v) is 4.87. The van der Waals surface area contributed by atoms with Crippen LogP contribution in [-0.2, 0) is 14.3 Å². The van der Waals surface area contributed by atoms with Crippen molar-refractivity contribution in [3.8, 4) is 0 Å². The number of carbonyl (C=O) groups is 1. The van der Waals surface area contributed by atoms with Gasteiger partial charge < -0.3 is 20.1 Å². The van der Waals surface area contributed by atoms with Crippen molar-refractivity contribution < 1.29 is 14.3 Å². The van der Waals surface area contributed by atoms with Gasteiger partial charge in [0.05, 0.1) is 23.6 Å². The van der Waals surface area contributed by atoms with Crippen molar-refractivity contribution in [1.29, 1.82) is 0 Å². The van der Waals surface area contributed by atoms with Gasteiger partial charge in [-0.25, -0.2) is 0 Å². The third-order valence-electron chi connectivity index (χ3n) is 3.51. The van der Waals surface area contributed by atoms with E-state index in [1.54, 1.807) is 19.1 Å². The van der Waals surface area contributed by atoms with Crippen LogP contribution in [0, 0.1) is 5.41 Å². The zero-order valence-electron chi connectivity index (χ0n) is 12.4. The highest BCUT2D eigenvalue weighted by Gasteiger charge is 2.40. The minimum atomic E-state index is -0.753. The van der Waals surface area contributed by atoms with Crippen molar-refractivity contribution in [3.05, 3.63) is 0 Å². The summed E-state index contributed by atoms with van der Waals surface area (Å²) in [6.45, 7) is 5.87. The summed E-state index contributed by atoms with van der Waals surface area (Å²) in [4.78, 5) is 14.7. The lowest BCUT2D eigenvalue weighted by Crippen LogP contribution is -2.51. The lowest BCUT2D eigenvalue weighted by atomic mass is 9.80. The second-order valence-electron chi connectivity index (χ2n) is 4.43. The van der Waals surface area contributed by atoms with Crippen LogP contribution in [0.4, 0.5) is 0 Å². The van der Waals surface area contributed by atoms with E-state index in [4.69, 9.17) is 27.4 Å². The summed E-state index contributed by atoms with van der Waals surface area (Å²) in [5.74, 6) is -0.0286. The number of carbonyl (C=O) groups excluding carboxylic acids is 1. The molecule has 0 fully saturated rings. The molecule has 0 rings (SSSR count). The first-order chi connectivity index (χ1) is 8.99.